The number of hydrogen-bond acceptors (Lipinski definition) is 7. The second-order valence-electron chi connectivity index (χ2n) is 7.58. The molecule has 1 aliphatic rings. The van der Waals surface area contributed by atoms with Crippen LogP contribution in [0.25, 0.3) is 5.78 Å². The third-order valence-electron chi connectivity index (χ3n) is 5.41. The first-order valence-corrected chi connectivity index (χ1v) is 11.4. The number of nitrogens with zero attached hydrogens (tertiary/aromatic N) is 4. The van der Waals surface area contributed by atoms with Gasteiger partial charge in [0.05, 0.1) is 6.42 Å². The molecule has 1 aliphatic carbocycles. The van der Waals surface area contributed by atoms with Crippen LogP contribution in [0.15, 0.2) is 5.16 Å². The third-order valence-corrected chi connectivity index (χ3v) is 5.95. The molecular weight excluding hydrogens is 390 g/mol. The average Bonchev–Trinajstić information content (AvgIpc) is 2.93. The first-order chi connectivity index (χ1) is 13.9. The maximum Gasteiger partial charge on any atom is 0.311 e. The number of ether oxygens (including phenoxy) is 1. The predicted molar refractivity (Wildman–Crippen MR) is 111 cm³/mol. The number of amides is 1. The second-order valence-corrected chi connectivity index (χ2v) is 8.35. The molecule has 1 atom stereocenters. The standard InChI is InChI=1S/C20H29N5O3S/c1-12-16(13(2)25-19(21-12)23-20(24-25)29-4)11-17(26)28-14(3)18(27)22-15-9-7-5-6-8-10-15/h14-15H,5-11H2,1-4H3,(H,22,27). The van der Waals surface area contributed by atoms with Crippen molar-refractivity contribution in [2.45, 2.75) is 83.0 Å². The molecule has 0 spiro atoms. The minimum absolute atomic E-state index is 0.0378. The molecule has 1 fully saturated rings. The Morgan fingerprint density at radius 3 is 2.55 bits per heavy atom. The van der Waals surface area contributed by atoms with Crippen LogP contribution in [0.3, 0.4) is 0 Å². The van der Waals surface area contributed by atoms with Crippen molar-refractivity contribution in [2.24, 2.45) is 0 Å². The Hall–Kier alpha value is -2.16. The number of aromatic nitrogens is 4. The number of carbonyl (C=O) groups excluding carboxylic acids is 2. The number of rotatable bonds is 6. The van der Waals surface area contributed by atoms with E-state index >= 15 is 0 Å². The molecule has 29 heavy (non-hydrogen) atoms. The average molecular weight is 420 g/mol. The summed E-state index contributed by atoms with van der Waals surface area (Å²) in [4.78, 5) is 33.7. The number of esters is 1. The molecule has 1 unspecified atom stereocenters. The molecule has 3 rings (SSSR count). The van der Waals surface area contributed by atoms with E-state index < -0.39 is 12.1 Å². The summed E-state index contributed by atoms with van der Waals surface area (Å²) in [6, 6.07) is 0.181. The topological polar surface area (TPSA) is 98.5 Å². The number of carbonyl (C=O) groups is 2. The summed E-state index contributed by atoms with van der Waals surface area (Å²) in [5, 5.41) is 8.05. The molecular formula is C20H29N5O3S. The van der Waals surface area contributed by atoms with E-state index in [0.29, 0.717) is 16.6 Å². The monoisotopic (exact) mass is 419 g/mol. The lowest BCUT2D eigenvalue weighted by Gasteiger charge is -2.20. The zero-order valence-corrected chi connectivity index (χ0v) is 18.3. The summed E-state index contributed by atoms with van der Waals surface area (Å²) in [6.45, 7) is 5.34. The number of nitrogens with one attached hydrogen (secondary N) is 1. The van der Waals surface area contributed by atoms with Crippen molar-refractivity contribution < 1.29 is 14.3 Å². The van der Waals surface area contributed by atoms with Crippen molar-refractivity contribution in [3.8, 4) is 0 Å². The smallest absolute Gasteiger partial charge is 0.311 e. The van der Waals surface area contributed by atoms with Crippen LogP contribution >= 0.6 is 11.8 Å². The van der Waals surface area contributed by atoms with Crippen LogP contribution in [0.5, 0.6) is 0 Å². The molecule has 0 aromatic carbocycles. The van der Waals surface area contributed by atoms with Gasteiger partial charge in [0.2, 0.25) is 5.16 Å². The lowest BCUT2D eigenvalue weighted by atomic mass is 10.1. The van der Waals surface area contributed by atoms with Crippen LogP contribution in [-0.2, 0) is 20.7 Å². The quantitative estimate of drug-likeness (QED) is 0.437. The first kappa shape index (κ1) is 21.5. The van der Waals surface area contributed by atoms with Crippen molar-refractivity contribution in [1.82, 2.24) is 24.9 Å². The van der Waals surface area contributed by atoms with Crippen molar-refractivity contribution in [3.05, 3.63) is 17.0 Å². The van der Waals surface area contributed by atoms with Crippen molar-refractivity contribution in [3.63, 3.8) is 0 Å². The van der Waals surface area contributed by atoms with Gasteiger partial charge in [0.15, 0.2) is 6.10 Å². The number of thioether (sulfide) groups is 1. The van der Waals surface area contributed by atoms with Gasteiger partial charge in [-0.2, -0.15) is 4.98 Å². The molecule has 0 aliphatic heterocycles. The van der Waals surface area contributed by atoms with Gasteiger partial charge in [0.1, 0.15) is 0 Å². The SMILES string of the molecule is CSc1nc2nc(C)c(CC(=O)OC(C)C(=O)NC3CCCCCC3)c(C)n2n1. The van der Waals surface area contributed by atoms with E-state index in [1.165, 1.54) is 24.6 Å². The number of aryl methyl sites for hydroxylation is 2. The Labute approximate surface area is 175 Å². The molecule has 0 saturated heterocycles. The summed E-state index contributed by atoms with van der Waals surface area (Å²) >= 11 is 1.44. The van der Waals surface area contributed by atoms with Crippen molar-refractivity contribution >= 4 is 29.4 Å². The Kier molecular flexibility index (Phi) is 7.10. The van der Waals surface area contributed by atoms with Gasteiger partial charge in [-0.1, -0.05) is 37.4 Å². The molecule has 8 nitrogen and oxygen atoms in total. The molecule has 0 bridgehead atoms. The summed E-state index contributed by atoms with van der Waals surface area (Å²) in [5.41, 5.74) is 2.26. The molecule has 1 amide bonds. The van der Waals surface area contributed by atoms with Crippen LogP contribution in [0.4, 0.5) is 0 Å². The van der Waals surface area contributed by atoms with Crippen molar-refractivity contribution in [2.75, 3.05) is 6.26 Å². The maximum absolute atomic E-state index is 12.5. The molecule has 158 valence electrons. The molecule has 0 radical (unpaired) electrons. The van der Waals surface area contributed by atoms with Crippen LogP contribution in [0.1, 0.15) is 62.4 Å². The van der Waals surface area contributed by atoms with E-state index in [1.54, 1.807) is 11.4 Å². The van der Waals surface area contributed by atoms with Gasteiger partial charge in [-0.05, 0) is 39.9 Å². The van der Waals surface area contributed by atoms with Gasteiger partial charge in [0.25, 0.3) is 11.7 Å². The fourth-order valence-corrected chi connectivity index (χ4v) is 4.05. The van der Waals surface area contributed by atoms with Gasteiger partial charge in [-0.25, -0.2) is 9.50 Å². The van der Waals surface area contributed by atoms with Gasteiger partial charge < -0.3 is 10.1 Å². The number of hydrogen-bond donors (Lipinski definition) is 1. The van der Waals surface area contributed by atoms with Gasteiger partial charge in [-0.15, -0.1) is 5.10 Å². The Balaban J connectivity index is 1.63. The Morgan fingerprint density at radius 2 is 1.90 bits per heavy atom. The fourth-order valence-electron chi connectivity index (χ4n) is 3.71. The van der Waals surface area contributed by atoms with Crippen LogP contribution in [-0.4, -0.2) is 49.9 Å². The second kappa shape index (κ2) is 9.56. The highest BCUT2D eigenvalue weighted by molar-refractivity contribution is 7.98. The summed E-state index contributed by atoms with van der Waals surface area (Å²) in [7, 11) is 0. The third kappa shape index (κ3) is 5.26. The normalized spacial score (nSPS) is 16.4. The Morgan fingerprint density at radius 1 is 1.21 bits per heavy atom. The Bertz CT molecular complexity index is 890. The van der Waals surface area contributed by atoms with E-state index in [-0.39, 0.29) is 18.4 Å². The summed E-state index contributed by atoms with van der Waals surface area (Å²) < 4.78 is 7.05. The highest BCUT2D eigenvalue weighted by Gasteiger charge is 2.23. The minimum atomic E-state index is -0.822. The molecule has 1 N–H and O–H groups in total. The van der Waals surface area contributed by atoms with E-state index in [0.717, 1.165) is 36.9 Å². The molecule has 9 heteroatoms. The highest BCUT2D eigenvalue weighted by atomic mass is 32.2. The lowest BCUT2D eigenvalue weighted by molar-refractivity contribution is -0.154. The zero-order valence-electron chi connectivity index (χ0n) is 17.5. The first-order valence-electron chi connectivity index (χ1n) is 10.2. The van der Waals surface area contributed by atoms with Gasteiger partial charge >= 0.3 is 5.97 Å². The van der Waals surface area contributed by atoms with E-state index in [1.807, 2.05) is 20.1 Å². The highest BCUT2D eigenvalue weighted by Crippen LogP contribution is 2.19. The lowest BCUT2D eigenvalue weighted by Crippen LogP contribution is -2.42. The molecule has 2 heterocycles. The molecule has 2 aromatic rings. The van der Waals surface area contributed by atoms with Crippen LogP contribution < -0.4 is 5.32 Å². The summed E-state index contributed by atoms with van der Waals surface area (Å²) in [6.07, 6.45) is 7.81. The minimum Gasteiger partial charge on any atom is -0.452 e. The molecule has 2 aromatic heterocycles. The van der Waals surface area contributed by atoms with E-state index in [4.69, 9.17) is 4.74 Å². The van der Waals surface area contributed by atoms with E-state index in [2.05, 4.69) is 20.4 Å². The largest absolute Gasteiger partial charge is 0.452 e. The van der Waals surface area contributed by atoms with Gasteiger partial charge in [-0.3, -0.25) is 9.59 Å². The summed E-state index contributed by atoms with van der Waals surface area (Å²) in [5.74, 6) is -0.170. The van der Waals surface area contributed by atoms with Gasteiger partial charge in [0, 0.05) is 23.0 Å². The molecule has 1 saturated carbocycles. The zero-order chi connectivity index (χ0) is 21.0. The predicted octanol–water partition coefficient (Wildman–Crippen LogP) is 2.78. The fraction of sp³-hybridized carbons (Fsp3) is 0.650. The van der Waals surface area contributed by atoms with Crippen LogP contribution in [0.2, 0.25) is 0 Å². The number of fused-ring (bicyclic) bond motifs is 1. The maximum atomic E-state index is 12.5. The van der Waals surface area contributed by atoms with Crippen molar-refractivity contribution in [1.29, 1.82) is 0 Å². The van der Waals surface area contributed by atoms with E-state index in [9.17, 15) is 9.59 Å². The van der Waals surface area contributed by atoms with Crippen LogP contribution in [0, 0.1) is 13.8 Å².